The summed E-state index contributed by atoms with van der Waals surface area (Å²) in [5.41, 5.74) is 1.47. The molecule has 1 aromatic rings. The Morgan fingerprint density at radius 1 is 1.33 bits per heavy atom. The maximum atomic E-state index is 10.8. The molecule has 0 aliphatic heterocycles. The lowest BCUT2D eigenvalue weighted by Crippen LogP contribution is -1.97. The Morgan fingerprint density at radius 2 is 2.07 bits per heavy atom. The van der Waals surface area contributed by atoms with Gasteiger partial charge in [0, 0.05) is 0 Å². The third-order valence-corrected chi connectivity index (χ3v) is 2.07. The fourth-order valence-electron chi connectivity index (χ4n) is 1.43. The third kappa shape index (κ3) is 2.37. The van der Waals surface area contributed by atoms with Crippen LogP contribution in [0, 0.1) is 0 Å². The Bertz CT molecular complexity index is 369. The van der Waals surface area contributed by atoms with Crippen molar-refractivity contribution in [1.29, 1.82) is 0 Å². The van der Waals surface area contributed by atoms with E-state index in [9.17, 15) is 4.79 Å². The average molecular weight is 206 g/mol. The predicted octanol–water partition coefficient (Wildman–Crippen LogP) is 2.24. The quantitative estimate of drug-likeness (QED) is 0.547. The number of allylic oxidation sites excluding steroid dienone is 1. The van der Waals surface area contributed by atoms with Crippen molar-refractivity contribution in [2.24, 2.45) is 0 Å². The smallest absolute Gasteiger partial charge is 0.171 e. The molecular weight excluding hydrogens is 192 g/mol. The fourth-order valence-corrected chi connectivity index (χ4v) is 1.43. The van der Waals surface area contributed by atoms with Gasteiger partial charge >= 0.3 is 0 Å². The Balaban J connectivity index is 3.28. The zero-order valence-corrected chi connectivity index (χ0v) is 8.95. The van der Waals surface area contributed by atoms with Gasteiger partial charge in [-0.25, -0.2) is 0 Å². The van der Waals surface area contributed by atoms with Gasteiger partial charge in [-0.15, -0.1) is 6.58 Å². The van der Waals surface area contributed by atoms with E-state index in [1.54, 1.807) is 19.3 Å². The maximum absolute atomic E-state index is 10.8. The molecule has 0 aliphatic carbocycles. The molecule has 0 saturated heterocycles. The van der Waals surface area contributed by atoms with Crippen LogP contribution in [0.4, 0.5) is 0 Å². The average Bonchev–Trinajstić information content (AvgIpc) is 2.28. The van der Waals surface area contributed by atoms with Crippen molar-refractivity contribution < 1.29 is 14.3 Å². The molecule has 0 atom stereocenters. The van der Waals surface area contributed by atoms with Gasteiger partial charge in [-0.3, -0.25) is 4.79 Å². The molecule has 80 valence electrons. The largest absolute Gasteiger partial charge is 0.493 e. The van der Waals surface area contributed by atoms with E-state index in [2.05, 4.69) is 6.58 Å². The summed E-state index contributed by atoms with van der Waals surface area (Å²) >= 11 is 0. The number of carbonyl (C=O) groups excluding carboxylic acids is 1. The van der Waals surface area contributed by atoms with E-state index in [4.69, 9.17) is 9.47 Å². The van der Waals surface area contributed by atoms with Crippen molar-refractivity contribution in [1.82, 2.24) is 0 Å². The second kappa shape index (κ2) is 5.20. The molecule has 0 radical (unpaired) electrons. The predicted molar refractivity (Wildman–Crippen MR) is 58.8 cm³/mol. The number of aldehydes is 1. The van der Waals surface area contributed by atoms with Crippen LogP contribution >= 0.6 is 0 Å². The number of benzene rings is 1. The molecule has 15 heavy (non-hydrogen) atoms. The Morgan fingerprint density at radius 3 is 2.53 bits per heavy atom. The van der Waals surface area contributed by atoms with E-state index in [-0.39, 0.29) is 0 Å². The molecule has 0 fully saturated rings. The van der Waals surface area contributed by atoms with E-state index in [1.807, 2.05) is 6.07 Å². The highest BCUT2D eigenvalue weighted by Crippen LogP contribution is 2.31. The van der Waals surface area contributed by atoms with Crippen LogP contribution in [0.1, 0.15) is 15.9 Å². The molecule has 0 saturated carbocycles. The van der Waals surface area contributed by atoms with E-state index in [0.29, 0.717) is 23.5 Å². The molecule has 0 N–H and O–H groups in total. The number of ether oxygens (including phenoxy) is 2. The zero-order valence-electron chi connectivity index (χ0n) is 8.95. The summed E-state index contributed by atoms with van der Waals surface area (Å²) in [6.45, 7) is 3.65. The summed E-state index contributed by atoms with van der Waals surface area (Å²) in [6.07, 6.45) is 3.23. The van der Waals surface area contributed by atoms with Crippen molar-refractivity contribution in [3.8, 4) is 11.5 Å². The van der Waals surface area contributed by atoms with Gasteiger partial charge in [-0.1, -0.05) is 6.08 Å². The molecular formula is C12H14O3. The molecule has 3 nitrogen and oxygen atoms in total. The van der Waals surface area contributed by atoms with Crippen LogP contribution in [-0.2, 0) is 6.42 Å². The van der Waals surface area contributed by atoms with E-state index in [1.165, 1.54) is 7.11 Å². The van der Waals surface area contributed by atoms with Crippen LogP contribution in [0.3, 0.4) is 0 Å². The summed E-state index contributed by atoms with van der Waals surface area (Å²) in [4.78, 5) is 10.8. The van der Waals surface area contributed by atoms with Gasteiger partial charge in [0.1, 0.15) is 0 Å². The van der Waals surface area contributed by atoms with Gasteiger partial charge in [0.05, 0.1) is 19.8 Å². The second-order valence-electron chi connectivity index (χ2n) is 3.03. The number of hydrogen-bond donors (Lipinski definition) is 0. The highest BCUT2D eigenvalue weighted by atomic mass is 16.5. The molecule has 0 heterocycles. The first-order valence-electron chi connectivity index (χ1n) is 4.57. The lowest BCUT2D eigenvalue weighted by atomic mass is 10.1. The number of carbonyl (C=O) groups is 1. The van der Waals surface area contributed by atoms with Gasteiger partial charge in [-0.05, 0) is 24.1 Å². The number of rotatable bonds is 5. The van der Waals surface area contributed by atoms with Crippen molar-refractivity contribution in [3.05, 3.63) is 35.9 Å². The van der Waals surface area contributed by atoms with Crippen molar-refractivity contribution in [3.63, 3.8) is 0 Å². The SMILES string of the molecule is C=CCc1cc(C=O)c(OC)c(OC)c1. The Kier molecular flexibility index (Phi) is 3.92. The Hall–Kier alpha value is -1.77. The van der Waals surface area contributed by atoms with Gasteiger partial charge in [0.25, 0.3) is 0 Å². The van der Waals surface area contributed by atoms with Gasteiger partial charge in [0.15, 0.2) is 17.8 Å². The summed E-state index contributed by atoms with van der Waals surface area (Å²) < 4.78 is 10.3. The van der Waals surface area contributed by atoms with Gasteiger partial charge < -0.3 is 9.47 Å². The molecule has 0 unspecified atom stereocenters. The van der Waals surface area contributed by atoms with Crippen molar-refractivity contribution in [2.75, 3.05) is 14.2 Å². The maximum Gasteiger partial charge on any atom is 0.171 e. The highest BCUT2D eigenvalue weighted by Gasteiger charge is 2.10. The lowest BCUT2D eigenvalue weighted by molar-refractivity contribution is 0.112. The summed E-state index contributed by atoms with van der Waals surface area (Å²) in [5, 5.41) is 0. The molecule has 0 aromatic heterocycles. The number of hydrogen-bond acceptors (Lipinski definition) is 3. The molecule has 0 spiro atoms. The van der Waals surface area contributed by atoms with Crippen molar-refractivity contribution in [2.45, 2.75) is 6.42 Å². The standard InChI is InChI=1S/C12H14O3/c1-4-5-9-6-10(8-13)12(15-3)11(7-9)14-2/h4,6-8H,1,5H2,2-3H3. The lowest BCUT2D eigenvalue weighted by Gasteiger charge is -2.11. The first-order chi connectivity index (χ1) is 7.26. The summed E-state index contributed by atoms with van der Waals surface area (Å²) in [6, 6.07) is 3.61. The first kappa shape index (κ1) is 11.3. The van der Waals surface area contributed by atoms with E-state index < -0.39 is 0 Å². The minimum Gasteiger partial charge on any atom is -0.493 e. The van der Waals surface area contributed by atoms with Crippen LogP contribution < -0.4 is 9.47 Å². The van der Waals surface area contributed by atoms with Crippen LogP contribution in [-0.4, -0.2) is 20.5 Å². The molecule has 0 aliphatic rings. The topological polar surface area (TPSA) is 35.5 Å². The third-order valence-electron chi connectivity index (χ3n) is 2.07. The van der Waals surface area contributed by atoms with Crippen LogP contribution in [0.25, 0.3) is 0 Å². The van der Waals surface area contributed by atoms with E-state index >= 15 is 0 Å². The zero-order chi connectivity index (χ0) is 11.3. The monoisotopic (exact) mass is 206 g/mol. The van der Waals surface area contributed by atoms with Gasteiger partial charge in [-0.2, -0.15) is 0 Å². The summed E-state index contributed by atoms with van der Waals surface area (Å²) in [5.74, 6) is 1.04. The normalized spacial score (nSPS) is 9.47. The molecule has 0 amide bonds. The minimum absolute atomic E-state index is 0.473. The van der Waals surface area contributed by atoms with Crippen LogP contribution in [0.5, 0.6) is 11.5 Å². The summed E-state index contributed by atoms with van der Waals surface area (Å²) in [7, 11) is 3.06. The van der Waals surface area contributed by atoms with Crippen LogP contribution in [0.15, 0.2) is 24.8 Å². The molecule has 0 bridgehead atoms. The highest BCUT2D eigenvalue weighted by molar-refractivity contribution is 5.81. The molecule has 1 rings (SSSR count). The van der Waals surface area contributed by atoms with E-state index in [0.717, 1.165) is 11.8 Å². The number of methoxy groups -OCH3 is 2. The minimum atomic E-state index is 0.473. The van der Waals surface area contributed by atoms with Crippen molar-refractivity contribution >= 4 is 6.29 Å². The van der Waals surface area contributed by atoms with Crippen LogP contribution in [0.2, 0.25) is 0 Å². The molecule has 3 heteroatoms. The molecule has 1 aromatic carbocycles. The Labute approximate surface area is 89.3 Å². The van der Waals surface area contributed by atoms with Gasteiger partial charge in [0.2, 0.25) is 0 Å². The fraction of sp³-hybridized carbons (Fsp3) is 0.250. The second-order valence-corrected chi connectivity index (χ2v) is 3.03. The first-order valence-corrected chi connectivity index (χ1v) is 4.57.